The van der Waals surface area contributed by atoms with Gasteiger partial charge in [0.25, 0.3) is 0 Å². The summed E-state index contributed by atoms with van der Waals surface area (Å²) in [5.41, 5.74) is 0.393. The van der Waals surface area contributed by atoms with Crippen LogP contribution >= 0.6 is 0 Å². The lowest BCUT2D eigenvalue weighted by molar-refractivity contribution is 0.526. The maximum atomic E-state index is 13.6. The van der Waals surface area contributed by atoms with Gasteiger partial charge in [0.05, 0.1) is 5.69 Å². The van der Waals surface area contributed by atoms with Gasteiger partial charge in [0.1, 0.15) is 11.6 Å². The van der Waals surface area contributed by atoms with Crippen molar-refractivity contribution < 1.29 is 8.78 Å². The molecule has 0 amide bonds. The van der Waals surface area contributed by atoms with E-state index in [1.165, 1.54) is 12.1 Å². The van der Waals surface area contributed by atoms with Crippen LogP contribution in [0.3, 0.4) is 0 Å². The molecular formula is C13H18F2N2. The monoisotopic (exact) mass is 240 g/mol. The average Bonchev–Trinajstić information content (AvgIpc) is 2.78. The van der Waals surface area contributed by atoms with Gasteiger partial charge in [0, 0.05) is 19.2 Å². The minimum absolute atomic E-state index is 0.337. The van der Waals surface area contributed by atoms with E-state index in [4.69, 9.17) is 0 Å². The fraction of sp³-hybridized carbons (Fsp3) is 0.538. The zero-order valence-electron chi connectivity index (χ0n) is 10.0. The number of nitrogens with zero attached hydrogens (tertiary/aromatic N) is 1. The van der Waals surface area contributed by atoms with E-state index in [0.717, 1.165) is 38.7 Å². The Morgan fingerprint density at radius 3 is 3.00 bits per heavy atom. The molecule has 2 rings (SSSR count). The van der Waals surface area contributed by atoms with Crippen LogP contribution in [0.25, 0.3) is 0 Å². The zero-order valence-corrected chi connectivity index (χ0v) is 10.0. The summed E-state index contributed by atoms with van der Waals surface area (Å²) in [4.78, 5) is 1.93. The topological polar surface area (TPSA) is 15.3 Å². The second kappa shape index (κ2) is 5.45. The maximum absolute atomic E-state index is 13.6. The molecule has 1 fully saturated rings. The van der Waals surface area contributed by atoms with Crippen LogP contribution in [0.15, 0.2) is 18.2 Å². The minimum atomic E-state index is -0.378. The molecule has 1 aromatic rings. The third-order valence-electron chi connectivity index (χ3n) is 3.22. The molecule has 4 heteroatoms. The van der Waals surface area contributed by atoms with Crippen molar-refractivity contribution >= 4 is 5.69 Å². The fourth-order valence-corrected chi connectivity index (χ4v) is 2.29. The van der Waals surface area contributed by atoms with E-state index < -0.39 is 0 Å². The highest BCUT2D eigenvalue weighted by atomic mass is 19.1. The molecule has 0 aliphatic carbocycles. The number of hydrogen-bond acceptors (Lipinski definition) is 2. The van der Waals surface area contributed by atoms with Gasteiger partial charge >= 0.3 is 0 Å². The predicted molar refractivity (Wildman–Crippen MR) is 65.2 cm³/mol. The fourth-order valence-electron chi connectivity index (χ4n) is 2.29. The van der Waals surface area contributed by atoms with Crippen LogP contribution in [-0.4, -0.2) is 26.2 Å². The Balaban J connectivity index is 2.02. The third-order valence-corrected chi connectivity index (χ3v) is 3.22. The highest BCUT2D eigenvalue weighted by molar-refractivity contribution is 5.48. The van der Waals surface area contributed by atoms with E-state index in [-0.39, 0.29) is 11.6 Å². The highest BCUT2D eigenvalue weighted by Crippen LogP contribution is 2.26. The smallest absolute Gasteiger partial charge is 0.146 e. The number of anilines is 1. The minimum Gasteiger partial charge on any atom is -0.369 e. The molecule has 0 bridgehead atoms. The van der Waals surface area contributed by atoms with Crippen LogP contribution in [0.4, 0.5) is 14.5 Å². The summed E-state index contributed by atoms with van der Waals surface area (Å²) in [6, 6.07) is 3.64. The van der Waals surface area contributed by atoms with Gasteiger partial charge in [-0.2, -0.15) is 0 Å². The molecule has 1 aliphatic rings. The van der Waals surface area contributed by atoms with Crippen molar-refractivity contribution in [2.75, 3.05) is 31.1 Å². The lowest BCUT2D eigenvalue weighted by atomic mass is 10.1. The lowest BCUT2D eigenvalue weighted by Gasteiger charge is -2.19. The molecule has 0 radical (unpaired) electrons. The zero-order chi connectivity index (χ0) is 12.3. The van der Waals surface area contributed by atoms with Crippen molar-refractivity contribution in [3.63, 3.8) is 0 Å². The van der Waals surface area contributed by atoms with Crippen LogP contribution < -0.4 is 10.2 Å². The molecule has 1 unspecified atom stereocenters. The maximum Gasteiger partial charge on any atom is 0.146 e. The Bertz CT molecular complexity index is 382. The first-order valence-corrected chi connectivity index (χ1v) is 6.11. The predicted octanol–water partition coefficient (Wildman–Crippen LogP) is 2.40. The van der Waals surface area contributed by atoms with E-state index in [0.29, 0.717) is 11.6 Å². The van der Waals surface area contributed by atoms with Gasteiger partial charge in [0.2, 0.25) is 0 Å². The van der Waals surface area contributed by atoms with Gasteiger partial charge in [-0.25, -0.2) is 8.78 Å². The van der Waals surface area contributed by atoms with Crippen molar-refractivity contribution in [2.24, 2.45) is 5.92 Å². The highest BCUT2D eigenvalue weighted by Gasteiger charge is 2.24. The van der Waals surface area contributed by atoms with E-state index in [1.807, 2.05) is 4.90 Å². The van der Waals surface area contributed by atoms with Crippen molar-refractivity contribution in [2.45, 2.75) is 13.3 Å². The molecule has 1 saturated heterocycles. The second-order valence-electron chi connectivity index (χ2n) is 4.50. The van der Waals surface area contributed by atoms with Gasteiger partial charge in [-0.1, -0.05) is 6.92 Å². The van der Waals surface area contributed by atoms with Gasteiger partial charge < -0.3 is 10.2 Å². The number of nitrogens with one attached hydrogen (secondary N) is 1. The molecule has 0 aromatic heterocycles. The molecular weight excluding hydrogens is 222 g/mol. The summed E-state index contributed by atoms with van der Waals surface area (Å²) in [7, 11) is 0. The standard InChI is InChI=1S/C13H18F2N2/c1-2-16-8-10-5-6-17(9-10)13-7-11(14)3-4-12(13)15/h3-4,7,10,16H,2,5-6,8-9H2,1H3. The second-order valence-corrected chi connectivity index (χ2v) is 4.50. The van der Waals surface area contributed by atoms with Crippen LogP contribution in [0.1, 0.15) is 13.3 Å². The SMILES string of the molecule is CCNCC1CCN(c2cc(F)ccc2F)C1. The first kappa shape index (κ1) is 12.3. The molecule has 0 saturated carbocycles. The first-order chi connectivity index (χ1) is 8.20. The molecule has 1 atom stereocenters. The van der Waals surface area contributed by atoms with Crippen LogP contribution in [0.5, 0.6) is 0 Å². The Morgan fingerprint density at radius 1 is 1.41 bits per heavy atom. The van der Waals surface area contributed by atoms with E-state index in [1.54, 1.807) is 0 Å². The molecule has 17 heavy (non-hydrogen) atoms. The normalized spacial score (nSPS) is 19.9. The van der Waals surface area contributed by atoms with E-state index in [2.05, 4.69) is 12.2 Å². The Morgan fingerprint density at radius 2 is 2.24 bits per heavy atom. The molecule has 1 heterocycles. The molecule has 1 aromatic carbocycles. The summed E-state index contributed by atoms with van der Waals surface area (Å²) < 4.78 is 26.7. The quantitative estimate of drug-likeness (QED) is 0.869. The van der Waals surface area contributed by atoms with E-state index in [9.17, 15) is 8.78 Å². The lowest BCUT2D eigenvalue weighted by Crippen LogP contribution is -2.26. The summed E-state index contributed by atoms with van der Waals surface area (Å²) >= 11 is 0. The van der Waals surface area contributed by atoms with Gasteiger partial charge in [-0.3, -0.25) is 0 Å². The summed E-state index contributed by atoms with van der Waals surface area (Å²) in [5.74, 6) is -0.190. The third kappa shape index (κ3) is 2.94. The van der Waals surface area contributed by atoms with E-state index >= 15 is 0 Å². The Hall–Kier alpha value is -1.16. The Kier molecular flexibility index (Phi) is 3.94. The molecule has 1 N–H and O–H groups in total. The van der Waals surface area contributed by atoms with Crippen molar-refractivity contribution in [3.05, 3.63) is 29.8 Å². The number of benzene rings is 1. The molecule has 2 nitrogen and oxygen atoms in total. The number of hydrogen-bond donors (Lipinski definition) is 1. The summed E-state index contributed by atoms with van der Waals surface area (Å²) in [6.45, 7) is 5.57. The summed E-state index contributed by atoms with van der Waals surface area (Å²) in [6.07, 6.45) is 1.03. The largest absolute Gasteiger partial charge is 0.369 e. The summed E-state index contributed by atoms with van der Waals surface area (Å²) in [5, 5.41) is 3.29. The molecule has 0 spiro atoms. The van der Waals surface area contributed by atoms with Gasteiger partial charge in [-0.05, 0) is 37.6 Å². The van der Waals surface area contributed by atoms with Crippen molar-refractivity contribution in [3.8, 4) is 0 Å². The first-order valence-electron chi connectivity index (χ1n) is 6.11. The van der Waals surface area contributed by atoms with Crippen LogP contribution in [0.2, 0.25) is 0 Å². The molecule has 1 aliphatic heterocycles. The van der Waals surface area contributed by atoms with Crippen molar-refractivity contribution in [1.82, 2.24) is 5.32 Å². The van der Waals surface area contributed by atoms with Crippen LogP contribution in [-0.2, 0) is 0 Å². The Labute approximate surface area is 101 Å². The number of halogens is 2. The van der Waals surface area contributed by atoms with Gasteiger partial charge in [-0.15, -0.1) is 0 Å². The average molecular weight is 240 g/mol. The number of rotatable bonds is 4. The van der Waals surface area contributed by atoms with Crippen LogP contribution in [0, 0.1) is 17.6 Å². The van der Waals surface area contributed by atoms with Gasteiger partial charge in [0.15, 0.2) is 0 Å². The van der Waals surface area contributed by atoms with Crippen molar-refractivity contribution in [1.29, 1.82) is 0 Å². The molecule has 94 valence electrons.